The zero-order valence-corrected chi connectivity index (χ0v) is 84.4. The highest BCUT2D eigenvalue weighted by atomic mass is 79.9. The molecule has 0 aliphatic rings. The first kappa shape index (κ1) is 119. The molecule has 3 rings (SSSR count). The SMILES string of the molecule is CC(C)(C)C(=O)C(Br)Br.CC(C)(C)C(=O)C(N)CCSSCC[C@H](N)C(=O)O.CC(C)(C)C(=O)CCCCCBr.CC(C)(C)C(=O)CN(CP(=O)(O)O)CP(=O)(O)O.CC(C)(C)C(=O)c1ccccc1SSc1ccccc1C(=O)O.CCCCC(Br)C(=O)C(C)(C)C.CCCN(CCC)S(=O)(=O)c1ccc(C(=O)C(C)(C)C)cc1. The van der Waals surface area contributed by atoms with Crippen LogP contribution in [-0.2, 0) is 47.9 Å². The molecule has 0 saturated carbocycles. The molecule has 662 valence electrons. The Balaban J connectivity index is -0.000000638. The fraction of sp³-hybridized carbons (Fsp3) is 0.667. The molecule has 0 heterocycles. The number of ketones is 7. The van der Waals surface area contributed by atoms with E-state index < -0.39 is 90.0 Å². The molecule has 115 heavy (non-hydrogen) atoms. The minimum atomic E-state index is -4.49. The topological polar surface area (TPSA) is 402 Å². The van der Waals surface area contributed by atoms with Gasteiger partial charge in [-0.05, 0) is 75.3 Å². The molecule has 0 radical (unpaired) electrons. The molecule has 0 aromatic heterocycles. The van der Waals surface area contributed by atoms with Crippen LogP contribution < -0.4 is 11.5 Å². The third-order valence-electron chi connectivity index (χ3n) is 15.7. The van der Waals surface area contributed by atoms with Crippen LogP contribution in [0.4, 0.5) is 0 Å². The van der Waals surface area contributed by atoms with Crippen LogP contribution in [0.1, 0.15) is 268 Å². The molecule has 34 heteroatoms. The minimum Gasteiger partial charge on any atom is -0.480 e. The van der Waals surface area contributed by atoms with Crippen molar-refractivity contribution >= 4 is 185 Å². The van der Waals surface area contributed by atoms with E-state index in [-0.39, 0.29) is 64.2 Å². The van der Waals surface area contributed by atoms with Crippen molar-refractivity contribution in [1.29, 1.82) is 0 Å². The van der Waals surface area contributed by atoms with Crippen molar-refractivity contribution in [2.45, 2.75) is 272 Å². The van der Waals surface area contributed by atoms with Crippen LogP contribution in [-0.4, -0.2) is 170 Å². The lowest BCUT2D eigenvalue weighted by molar-refractivity contribution is -0.138. The Morgan fingerprint density at radius 1 is 0.478 bits per heavy atom. The van der Waals surface area contributed by atoms with Gasteiger partial charge < -0.3 is 41.3 Å². The maximum Gasteiger partial charge on any atom is 0.339 e. The van der Waals surface area contributed by atoms with Gasteiger partial charge in [0, 0.05) is 95.2 Å². The largest absolute Gasteiger partial charge is 0.480 e. The van der Waals surface area contributed by atoms with E-state index >= 15 is 0 Å². The Morgan fingerprint density at radius 2 is 0.878 bits per heavy atom. The van der Waals surface area contributed by atoms with Crippen molar-refractivity contribution in [3.8, 4) is 0 Å². The van der Waals surface area contributed by atoms with E-state index in [4.69, 9.17) is 36.1 Å². The minimum absolute atomic E-state index is 0.00965. The van der Waals surface area contributed by atoms with Crippen molar-refractivity contribution in [2.24, 2.45) is 49.4 Å². The summed E-state index contributed by atoms with van der Waals surface area (Å²) >= 11 is 13.1. The summed E-state index contributed by atoms with van der Waals surface area (Å²) in [5.74, 6) is 0.210. The molecular weight excluding hydrogens is 1870 g/mol. The summed E-state index contributed by atoms with van der Waals surface area (Å²) in [7, 11) is -6.52. The molecule has 3 aromatic rings. The van der Waals surface area contributed by atoms with Gasteiger partial charge in [0.15, 0.2) is 34.7 Å². The molecule has 23 nitrogen and oxygen atoms in total. The van der Waals surface area contributed by atoms with Crippen molar-refractivity contribution in [3.05, 3.63) is 89.5 Å². The van der Waals surface area contributed by atoms with Crippen molar-refractivity contribution in [2.75, 3.05) is 49.0 Å². The molecule has 3 aromatic carbocycles. The summed E-state index contributed by atoms with van der Waals surface area (Å²) in [4.78, 5) is 142. The summed E-state index contributed by atoms with van der Waals surface area (Å²) < 4.78 is 48.3. The number of aliphatic carboxylic acids is 1. The van der Waals surface area contributed by atoms with Gasteiger partial charge in [-0.3, -0.25) is 52.4 Å². The van der Waals surface area contributed by atoms with Gasteiger partial charge in [-0.1, -0.05) is 335 Å². The monoisotopic (exact) mass is 2010 g/mol. The van der Waals surface area contributed by atoms with E-state index in [1.54, 1.807) is 72.7 Å². The highest BCUT2D eigenvalue weighted by Gasteiger charge is 2.34. The number of benzene rings is 3. The molecule has 0 fully saturated rings. The van der Waals surface area contributed by atoms with Crippen molar-refractivity contribution < 1.29 is 90.5 Å². The molecular formula is C81H136Br4N4O19P2S5. The smallest absolute Gasteiger partial charge is 0.339 e. The van der Waals surface area contributed by atoms with E-state index in [1.165, 1.54) is 44.4 Å². The van der Waals surface area contributed by atoms with Gasteiger partial charge in [-0.2, -0.15) is 4.31 Å². The lowest BCUT2D eigenvalue weighted by atomic mass is 9.86. The number of rotatable bonds is 37. The van der Waals surface area contributed by atoms with Gasteiger partial charge in [0.05, 0.1) is 27.9 Å². The van der Waals surface area contributed by atoms with Crippen LogP contribution >= 0.6 is 122 Å². The highest BCUT2D eigenvalue weighted by Crippen LogP contribution is 2.43. The van der Waals surface area contributed by atoms with Gasteiger partial charge in [-0.15, -0.1) is 0 Å². The second-order valence-corrected chi connectivity index (χ2v) is 49.4. The highest BCUT2D eigenvalue weighted by molar-refractivity contribution is 9.25. The zero-order chi connectivity index (χ0) is 90.9. The molecule has 2 unspecified atom stereocenters. The van der Waals surface area contributed by atoms with Gasteiger partial charge in [0.1, 0.15) is 28.1 Å². The van der Waals surface area contributed by atoms with Crippen LogP contribution in [0.25, 0.3) is 0 Å². The predicted molar refractivity (Wildman–Crippen MR) is 492 cm³/mol. The van der Waals surface area contributed by atoms with E-state index in [0.717, 1.165) is 72.2 Å². The first-order valence-corrected chi connectivity index (χ1v) is 51.5. The molecule has 0 bridgehead atoms. The molecule has 0 amide bonds. The molecule has 3 atom stereocenters. The quantitative estimate of drug-likeness (QED) is 0.00873. The number of halogens is 4. The summed E-state index contributed by atoms with van der Waals surface area (Å²) in [6.45, 7) is 45.9. The van der Waals surface area contributed by atoms with E-state index in [2.05, 4.69) is 70.6 Å². The molecule has 0 saturated heterocycles. The van der Waals surface area contributed by atoms with Crippen LogP contribution in [0.15, 0.2) is 87.5 Å². The van der Waals surface area contributed by atoms with Gasteiger partial charge in [-0.25, -0.2) is 13.2 Å². The molecule has 0 aliphatic carbocycles. The second-order valence-electron chi connectivity index (χ2n) is 34.4. The number of nitrogens with zero attached hydrogens (tertiary/aromatic N) is 2. The number of Topliss-reactive ketones (excluding diaryl/α,β-unsaturated/α-hetero) is 7. The van der Waals surface area contributed by atoms with E-state index in [0.29, 0.717) is 59.3 Å². The van der Waals surface area contributed by atoms with Gasteiger partial charge in [0.2, 0.25) is 10.0 Å². The summed E-state index contributed by atoms with van der Waals surface area (Å²) in [5.41, 5.74) is 10.0. The standard InChI is InChI=1S/C18H18O3S2.C17H27NO3S.C12H24N2O3S2.2C10H19BrO.C8H19NO7P2.C6H10Br2O/c1-18(2,3)16(19)12-8-4-6-10-14(12)22-23-15-11-7-5-9-13(15)17(20)21;1-6-12-18(13-7-2)22(20,21)15-10-8-14(9-11-15)16(19)17(3,4)5;1-12(2,3)10(15)8(13)4-6-18-19-7-5-9(14)11(16)17;1-10(2,3)9(12)7-5-4-6-8-11;1-5-6-7-8(11)9(12)10(2,3)4;1-8(2,3)7(10)4-9(5-17(11,12)13)6-18(14,15)16;1-6(2,3)4(9)5(7)8/h4-11H,1-3H3,(H,20,21);8-11H,6-7,12-13H2,1-5H3;8-9H,4-7,13-14H2,1-3H3,(H,16,17);4-8H2,1-3H3;8H,5-7H2,1-4H3;4-6H2,1-3H3,(H2,11,12,13)(H2,14,15,16);5H,1-3H3/t;;8?,9-;;;;/m..0..../s1. The summed E-state index contributed by atoms with van der Waals surface area (Å²) in [6.07, 6.45) is 8.28. The number of carboxylic acids is 2. The number of hydrogen-bond acceptors (Lipinski definition) is 20. The lowest BCUT2D eigenvalue weighted by Crippen LogP contribution is -2.39. The number of hydrogen-bond donors (Lipinski definition) is 8. The predicted octanol–water partition coefficient (Wildman–Crippen LogP) is 20.6. The number of unbranched alkanes of at least 4 members (excludes halogenated alkanes) is 3. The third kappa shape index (κ3) is 55.4. The number of alkyl halides is 4. The zero-order valence-electron chi connectivity index (χ0n) is 72.2. The first-order valence-electron chi connectivity index (χ1n) is 38.0. The fourth-order valence-corrected chi connectivity index (χ4v) is 19.4. The maximum atomic E-state index is 12.6. The van der Waals surface area contributed by atoms with Crippen LogP contribution in [0.5, 0.6) is 0 Å². The number of carbonyl (C=O) groups excluding carboxylic acids is 7. The number of aromatic carboxylic acids is 1. The van der Waals surface area contributed by atoms with Crippen LogP contribution in [0.3, 0.4) is 0 Å². The molecule has 0 aliphatic heterocycles. The van der Waals surface area contributed by atoms with E-state index in [1.807, 2.05) is 169 Å². The summed E-state index contributed by atoms with van der Waals surface area (Å²) in [6, 6.07) is 19.4. The van der Waals surface area contributed by atoms with Crippen molar-refractivity contribution in [3.63, 3.8) is 0 Å². The average molecular weight is 2010 g/mol. The number of nitrogens with two attached hydrogens (primary N) is 2. The third-order valence-corrected chi connectivity index (χ3v) is 26.3. The number of carboxylic acid groups (broad SMARTS) is 2. The molecule has 0 spiro atoms. The first-order chi connectivity index (χ1) is 52.0. The lowest BCUT2D eigenvalue weighted by Gasteiger charge is -2.25. The van der Waals surface area contributed by atoms with Crippen LogP contribution in [0.2, 0.25) is 0 Å². The number of carbonyl (C=O) groups is 9. The Bertz CT molecular complexity index is 3660. The van der Waals surface area contributed by atoms with E-state index in [9.17, 15) is 65.8 Å². The normalized spacial score (nSPS) is 13.0. The summed E-state index contributed by atoms with van der Waals surface area (Å²) in [5, 5.41) is 18.9. The Morgan fingerprint density at radius 3 is 1.22 bits per heavy atom. The average Bonchev–Trinajstić information content (AvgIpc) is 0.808. The maximum absolute atomic E-state index is 12.6. The fourth-order valence-electron chi connectivity index (χ4n) is 8.78. The Kier molecular flexibility index (Phi) is 58.4. The Hall–Kier alpha value is -2.30. The number of sulfonamides is 1. The van der Waals surface area contributed by atoms with Crippen LogP contribution in [0, 0.1) is 37.9 Å². The van der Waals surface area contributed by atoms with Crippen molar-refractivity contribution in [1.82, 2.24) is 9.21 Å². The van der Waals surface area contributed by atoms with Gasteiger partial charge in [0.25, 0.3) is 0 Å². The second kappa shape index (κ2) is 56.5. The molecule has 10 N–H and O–H groups in total. The van der Waals surface area contributed by atoms with Gasteiger partial charge >= 0.3 is 27.1 Å². The Labute approximate surface area is 737 Å².